The van der Waals surface area contributed by atoms with Crippen LogP contribution in [0.3, 0.4) is 0 Å². The summed E-state index contributed by atoms with van der Waals surface area (Å²) < 4.78 is 0. The third-order valence-electron chi connectivity index (χ3n) is 2.70. The van der Waals surface area contributed by atoms with E-state index in [4.69, 9.17) is 5.11 Å². The Morgan fingerprint density at radius 2 is 2.11 bits per heavy atom. The molecule has 0 bridgehead atoms. The fraction of sp³-hybridized carbons (Fsp3) is 0.417. The molecule has 6 nitrogen and oxygen atoms in total. The minimum atomic E-state index is -1.29. The number of carboxylic acids is 1. The lowest BCUT2D eigenvalue weighted by atomic mass is 10.1. The van der Waals surface area contributed by atoms with Gasteiger partial charge in [0.15, 0.2) is 0 Å². The van der Waals surface area contributed by atoms with Crippen LogP contribution >= 0.6 is 0 Å². The van der Waals surface area contributed by atoms with Gasteiger partial charge in [-0.1, -0.05) is 0 Å². The van der Waals surface area contributed by atoms with E-state index in [-0.39, 0.29) is 17.3 Å². The average Bonchev–Trinajstić information content (AvgIpc) is 2.28. The zero-order valence-electron chi connectivity index (χ0n) is 10.6. The highest BCUT2D eigenvalue weighted by atomic mass is 16.6. The highest BCUT2D eigenvalue weighted by Gasteiger charge is 2.21. The number of benzene rings is 1. The molecule has 1 aromatic carbocycles. The first-order chi connectivity index (χ1) is 8.38. The van der Waals surface area contributed by atoms with Crippen LogP contribution in [0.4, 0.5) is 11.4 Å². The third-order valence-corrected chi connectivity index (χ3v) is 2.70. The van der Waals surface area contributed by atoms with E-state index < -0.39 is 10.9 Å². The zero-order valence-corrected chi connectivity index (χ0v) is 10.6. The van der Waals surface area contributed by atoms with Crippen molar-refractivity contribution in [3.63, 3.8) is 0 Å². The lowest BCUT2D eigenvalue weighted by Crippen LogP contribution is -2.30. The molecular weight excluding hydrogens is 236 g/mol. The van der Waals surface area contributed by atoms with Gasteiger partial charge in [-0.3, -0.25) is 10.1 Å². The number of carbonyl (C=O) groups is 1. The molecule has 0 atom stereocenters. The molecule has 18 heavy (non-hydrogen) atoms. The molecule has 98 valence electrons. The van der Waals surface area contributed by atoms with Gasteiger partial charge in [0.2, 0.25) is 0 Å². The Morgan fingerprint density at radius 1 is 1.50 bits per heavy atom. The monoisotopic (exact) mass is 252 g/mol. The van der Waals surface area contributed by atoms with E-state index in [1.54, 1.807) is 6.07 Å². The Kier molecular flexibility index (Phi) is 4.25. The van der Waals surface area contributed by atoms with Gasteiger partial charge in [0.25, 0.3) is 5.69 Å². The summed E-state index contributed by atoms with van der Waals surface area (Å²) in [5.74, 6) is -1.29. The molecule has 0 aromatic heterocycles. The van der Waals surface area contributed by atoms with E-state index in [9.17, 15) is 14.9 Å². The van der Waals surface area contributed by atoms with Gasteiger partial charge in [-0.25, -0.2) is 4.79 Å². The zero-order chi connectivity index (χ0) is 13.9. The summed E-state index contributed by atoms with van der Waals surface area (Å²) in [6.07, 6.45) is 0. The van der Waals surface area contributed by atoms with Gasteiger partial charge < -0.3 is 10.0 Å². The van der Waals surface area contributed by atoms with Crippen LogP contribution in [0.25, 0.3) is 0 Å². The predicted molar refractivity (Wildman–Crippen MR) is 68.2 cm³/mol. The van der Waals surface area contributed by atoms with Gasteiger partial charge >= 0.3 is 5.97 Å². The van der Waals surface area contributed by atoms with Crippen molar-refractivity contribution in [3.05, 3.63) is 33.9 Å². The fourth-order valence-corrected chi connectivity index (χ4v) is 1.88. The summed E-state index contributed by atoms with van der Waals surface area (Å²) in [7, 11) is 0. The Labute approximate surface area is 105 Å². The minimum absolute atomic E-state index is 0.185. The van der Waals surface area contributed by atoms with Crippen LogP contribution in [-0.2, 0) is 0 Å². The number of hydrogen-bond acceptors (Lipinski definition) is 4. The second kappa shape index (κ2) is 5.48. The molecule has 0 aliphatic carbocycles. The van der Waals surface area contributed by atoms with Crippen molar-refractivity contribution >= 4 is 17.3 Å². The van der Waals surface area contributed by atoms with Crippen molar-refractivity contribution in [3.8, 4) is 0 Å². The third kappa shape index (κ3) is 2.77. The lowest BCUT2D eigenvalue weighted by molar-refractivity contribution is -0.385. The highest BCUT2D eigenvalue weighted by molar-refractivity contribution is 5.93. The van der Waals surface area contributed by atoms with Crippen LogP contribution in [0.2, 0.25) is 0 Å². The van der Waals surface area contributed by atoms with E-state index in [2.05, 4.69) is 0 Å². The molecular formula is C12H16N2O4. The summed E-state index contributed by atoms with van der Waals surface area (Å²) in [6.45, 7) is 6.58. The molecule has 0 fully saturated rings. The number of anilines is 1. The number of hydrogen-bond donors (Lipinski definition) is 1. The van der Waals surface area contributed by atoms with Crippen molar-refractivity contribution in [2.24, 2.45) is 0 Å². The van der Waals surface area contributed by atoms with Gasteiger partial charge in [0.1, 0.15) is 5.56 Å². The van der Waals surface area contributed by atoms with E-state index in [1.807, 2.05) is 25.7 Å². The first-order valence-electron chi connectivity index (χ1n) is 5.66. The number of nitro benzene ring substituents is 1. The van der Waals surface area contributed by atoms with E-state index in [0.717, 1.165) is 0 Å². The summed E-state index contributed by atoms with van der Waals surface area (Å²) >= 11 is 0. The van der Waals surface area contributed by atoms with Crippen LogP contribution in [0, 0.1) is 10.1 Å². The second-order valence-corrected chi connectivity index (χ2v) is 4.14. The Morgan fingerprint density at radius 3 is 2.50 bits per heavy atom. The predicted octanol–water partition coefficient (Wildman–Crippen LogP) is 2.53. The molecule has 0 heterocycles. The van der Waals surface area contributed by atoms with E-state index in [1.165, 1.54) is 12.1 Å². The molecule has 0 radical (unpaired) electrons. The maximum Gasteiger partial charge on any atom is 0.342 e. The summed E-state index contributed by atoms with van der Waals surface area (Å²) in [5, 5.41) is 19.8. The quantitative estimate of drug-likeness (QED) is 0.643. The van der Waals surface area contributed by atoms with E-state index in [0.29, 0.717) is 12.2 Å². The molecule has 1 rings (SSSR count). The normalized spacial score (nSPS) is 10.4. The van der Waals surface area contributed by atoms with Gasteiger partial charge in [0, 0.05) is 24.3 Å². The van der Waals surface area contributed by atoms with Crippen LogP contribution < -0.4 is 4.90 Å². The van der Waals surface area contributed by atoms with Crippen molar-refractivity contribution in [2.75, 3.05) is 11.4 Å². The van der Waals surface area contributed by atoms with Crippen molar-refractivity contribution in [1.82, 2.24) is 0 Å². The molecule has 0 aliphatic rings. The van der Waals surface area contributed by atoms with Gasteiger partial charge in [-0.05, 0) is 32.9 Å². The molecule has 1 aromatic rings. The van der Waals surface area contributed by atoms with Crippen LogP contribution in [0.15, 0.2) is 18.2 Å². The number of nitro groups is 1. The van der Waals surface area contributed by atoms with Crippen molar-refractivity contribution < 1.29 is 14.8 Å². The molecule has 0 spiro atoms. The van der Waals surface area contributed by atoms with Gasteiger partial charge in [-0.2, -0.15) is 0 Å². The Balaban J connectivity index is 3.30. The average molecular weight is 252 g/mol. The van der Waals surface area contributed by atoms with Crippen LogP contribution in [0.1, 0.15) is 31.1 Å². The first kappa shape index (κ1) is 14.0. The fourth-order valence-electron chi connectivity index (χ4n) is 1.88. The van der Waals surface area contributed by atoms with E-state index >= 15 is 0 Å². The number of nitrogens with zero attached hydrogens (tertiary/aromatic N) is 2. The lowest BCUT2D eigenvalue weighted by Gasteiger charge is -2.27. The molecule has 1 N–H and O–H groups in total. The van der Waals surface area contributed by atoms with Crippen LogP contribution in [-0.4, -0.2) is 28.6 Å². The molecule has 0 amide bonds. The Bertz CT molecular complexity index is 471. The van der Waals surface area contributed by atoms with Gasteiger partial charge in [-0.15, -0.1) is 0 Å². The number of aromatic carboxylic acids is 1. The van der Waals surface area contributed by atoms with Crippen LogP contribution in [0.5, 0.6) is 0 Å². The summed E-state index contributed by atoms with van der Waals surface area (Å²) in [6, 6.07) is 4.37. The number of rotatable bonds is 5. The summed E-state index contributed by atoms with van der Waals surface area (Å²) in [5.41, 5.74) is -0.00754. The van der Waals surface area contributed by atoms with Crippen molar-refractivity contribution in [2.45, 2.75) is 26.8 Å². The highest BCUT2D eigenvalue weighted by Crippen LogP contribution is 2.26. The molecule has 0 saturated heterocycles. The SMILES string of the molecule is CCN(c1ccc(C(=O)O)c([N+](=O)[O-])c1)C(C)C. The Hall–Kier alpha value is -2.11. The second-order valence-electron chi connectivity index (χ2n) is 4.14. The molecule has 0 saturated carbocycles. The summed E-state index contributed by atoms with van der Waals surface area (Å²) in [4.78, 5) is 23.1. The van der Waals surface area contributed by atoms with Gasteiger partial charge in [0.05, 0.1) is 4.92 Å². The first-order valence-corrected chi connectivity index (χ1v) is 5.66. The van der Waals surface area contributed by atoms with Crippen molar-refractivity contribution in [1.29, 1.82) is 0 Å². The topological polar surface area (TPSA) is 83.7 Å². The molecule has 0 unspecified atom stereocenters. The standard InChI is InChI=1S/C12H16N2O4/c1-4-13(8(2)3)9-5-6-10(12(15)16)11(7-9)14(17)18/h5-8H,4H2,1-3H3,(H,15,16). The smallest absolute Gasteiger partial charge is 0.342 e. The minimum Gasteiger partial charge on any atom is -0.477 e. The maximum atomic E-state index is 10.9. The largest absolute Gasteiger partial charge is 0.477 e. The maximum absolute atomic E-state index is 10.9. The molecule has 0 aliphatic heterocycles. The number of carboxylic acid groups (broad SMARTS) is 1. The molecule has 6 heteroatoms.